The van der Waals surface area contributed by atoms with E-state index in [1.54, 1.807) is 19.3 Å². The Bertz CT molecular complexity index is 953. The van der Waals surface area contributed by atoms with Gasteiger partial charge in [-0.15, -0.1) is 0 Å². The molecule has 0 aliphatic carbocycles. The second-order valence-electron chi connectivity index (χ2n) is 5.76. The number of aryl methyl sites for hydroxylation is 1. The van der Waals surface area contributed by atoms with E-state index in [0.717, 1.165) is 27.6 Å². The van der Waals surface area contributed by atoms with Crippen molar-refractivity contribution < 1.29 is 13.2 Å². The summed E-state index contributed by atoms with van der Waals surface area (Å²) in [6, 6.07) is 5.69. The number of nitrogens with zero attached hydrogens (tertiary/aromatic N) is 4. The average molecular weight is 359 g/mol. The van der Waals surface area contributed by atoms with E-state index in [1.165, 1.54) is 6.33 Å². The zero-order chi connectivity index (χ0) is 18.7. The second-order valence-corrected chi connectivity index (χ2v) is 5.76. The Hall–Kier alpha value is -3.03. The summed E-state index contributed by atoms with van der Waals surface area (Å²) in [6.07, 6.45) is -0.388. The fourth-order valence-electron chi connectivity index (χ4n) is 2.49. The van der Waals surface area contributed by atoms with Crippen molar-refractivity contribution in [2.24, 2.45) is 0 Å². The number of alkyl halides is 3. The Morgan fingerprint density at radius 1 is 1.19 bits per heavy atom. The number of benzene rings is 1. The van der Waals surface area contributed by atoms with Gasteiger partial charge in [-0.05, 0) is 30.2 Å². The molecular weight excluding hydrogens is 343 g/mol. The molecule has 0 unspecified atom stereocenters. The van der Waals surface area contributed by atoms with Gasteiger partial charge >= 0.3 is 6.18 Å². The first-order valence-corrected chi connectivity index (χ1v) is 7.87. The standard InChI is InChI=1S/C18H16F3N5/c1-11(13-3-4-16-14(7-13)8-22-10-25-16)15-9-24-17(26-12(15)2)23-6-5-18(19,20)21/h3-4,7-10H,1,5-6H2,2H3,(H,23,24,26). The van der Waals surface area contributed by atoms with E-state index in [4.69, 9.17) is 0 Å². The van der Waals surface area contributed by atoms with Crippen LogP contribution in [0, 0.1) is 6.92 Å². The van der Waals surface area contributed by atoms with E-state index in [9.17, 15) is 13.2 Å². The maximum atomic E-state index is 12.2. The highest BCUT2D eigenvalue weighted by Crippen LogP contribution is 2.26. The molecule has 0 spiro atoms. The number of rotatable bonds is 5. The maximum Gasteiger partial charge on any atom is 0.390 e. The Morgan fingerprint density at radius 3 is 2.73 bits per heavy atom. The highest BCUT2D eigenvalue weighted by Gasteiger charge is 2.26. The summed E-state index contributed by atoms with van der Waals surface area (Å²) in [5.41, 5.74) is 3.77. The van der Waals surface area contributed by atoms with Gasteiger partial charge in [0.1, 0.15) is 6.33 Å². The zero-order valence-corrected chi connectivity index (χ0v) is 14.0. The smallest absolute Gasteiger partial charge is 0.354 e. The van der Waals surface area contributed by atoms with Crippen LogP contribution in [0.3, 0.4) is 0 Å². The van der Waals surface area contributed by atoms with Gasteiger partial charge in [0, 0.05) is 29.9 Å². The van der Waals surface area contributed by atoms with Gasteiger partial charge in [0.15, 0.2) is 0 Å². The van der Waals surface area contributed by atoms with E-state index in [1.807, 2.05) is 18.2 Å². The highest BCUT2D eigenvalue weighted by atomic mass is 19.4. The molecule has 0 aliphatic heterocycles. The third-order valence-corrected chi connectivity index (χ3v) is 3.85. The van der Waals surface area contributed by atoms with Crippen LogP contribution in [0.25, 0.3) is 16.5 Å². The molecule has 5 nitrogen and oxygen atoms in total. The summed E-state index contributed by atoms with van der Waals surface area (Å²) < 4.78 is 36.6. The predicted molar refractivity (Wildman–Crippen MR) is 93.6 cm³/mol. The van der Waals surface area contributed by atoms with E-state index in [2.05, 4.69) is 31.8 Å². The zero-order valence-electron chi connectivity index (χ0n) is 14.0. The van der Waals surface area contributed by atoms with Gasteiger partial charge in [-0.1, -0.05) is 12.6 Å². The summed E-state index contributed by atoms with van der Waals surface area (Å²) >= 11 is 0. The molecule has 0 aliphatic rings. The Morgan fingerprint density at radius 2 is 2.00 bits per heavy atom. The molecule has 2 heterocycles. The van der Waals surface area contributed by atoms with E-state index >= 15 is 0 Å². The van der Waals surface area contributed by atoms with Crippen LogP contribution in [0.2, 0.25) is 0 Å². The lowest BCUT2D eigenvalue weighted by atomic mass is 9.98. The third-order valence-electron chi connectivity index (χ3n) is 3.85. The first kappa shape index (κ1) is 17.8. The molecule has 0 radical (unpaired) electrons. The molecule has 134 valence electrons. The molecule has 0 saturated carbocycles. The van der Waals surface area contributed by atoms with Gasteiger partial charge in [-0.2, -0.15) is 13.2 Å². The molecule has 1 aromatic carbocycles. The number of fused-ring (bicyclic) bond motifs is 1. The SMILES string of the molecule is C=C(c1ccc2ncncc2c1)c1cnc(NCCC(F)(F)F)nc1C. The third kappa shape index (κ3) is 4.14. The van der Waals surface area contributed by atoms with E-state index in [-0.39, 0.29) is 12.5 Å². The van der Waals surface area contributed by atoms with E-state index in [0.29, 0.717) is 5.69 Å². The number of hydrogen-bond donors (Lipinski definition) is 1. The first-order chi connectivity index (χ1) is 12.3. The van der Waals surface area contributed by atoms with Crippen LogP contribution in [0.1, 0.15) is 23.2 Å². The summed E-state index contributed by atoms with van der Waals surface area (Å²) in [5, 5.41) is 3.47. The van der Waals surface area contributed by atoms with Crippen LogP contribution in [0.15, 0.2) is 43.5 Å². The summed E-state index contributed by atoms with van der Waals surface area (Å²) in [4.78, 5) is 16.5. The molecule has 1 N–H and O–H groups in total. The molecule has 26 heavy (non-hydrogen) atoms. The maximum absolute atomic E-state index is 12.2. The average Bonchev–Trinajstić information content (AvgIpc) is 2.60. The molecule has 3 rings (SSSR count). The van der Waals surface area contributed by atoms with Crippen LogP contribution >= 0.6 is 0 Å². The fraction of sp³-hybridized carbons (Fsp3) is 0.222. The topological polar surface area (TPSA) is 63.6 Å². The lowest BCUT2D eigenvalue weighted by Crippen LogP contribution is -2.16. The summed E-state index contributed by atoms with van der Waals surface area (Å²) in [5.74, 6) is 0.162. The minimum atomic E-state index is -4.21. The number of anilines is 1. The number of aromatic nitrogens is 4. The monoisotopic (exact) mass is 359 g/mol. The largest absolute Gasteiger partial charge is 0.390 e. The summed E-state index contributed by atoms with van der Waals surface area (Å²) in [7, 11) is 0. The molecule has 0 amide bonds. The highest BCUT2D eigenvalue weighted by molar-refractivity contribution is 5.86. The van der Waals surface area contributed by atoms with Gasteiger partial charge in [-0.3, -0.25) is 0 Å². The van der Waals surface area contributed by atoms with Crippen LogP contribution in [0.5, 0.6) is 0 Å². The minimum Gasteiger partial charge on any atom is -0.354 e. The van der Waals surface area contributed by atoms with Crippen molar-refractivity contribution in [1.82, 2.24) is 19.9 Å². The predicted octanol–water partition coefficient (Wildman–Crippen LogP) is 4.15. The molecule has 0 bridgehead atoms. The normalized spacial score (nSPS) is 11.5. The van der Waals surface area contributed by atoms with Crippen molar-refractivity contribution in [3.63, 3.8) is 0 Å². The van der Waals surface area contributed by atoms with Crippen molar-refractivity contribution in [2.75, 3.05) is 11.9 Å². The van der Waals surface area contributed by atoms with Crippen molar-refractivity contribution in [3.05, 3.63) is 60.3 Å². The van der Waals surface area contributed by atoms with Crippen LogP contribution in [0.4, 0.5) is 19.1 Å². The Balaban J connectivity index is 1.78. The van der Waals surface area contributed by atoms with Crippen molar-refractivity contribution in [1.29, 1.82) is 0 Å². The van der Waals surface area contributed by atoms with Gasteiger partial charge in [-0.25, -0.2) is 19.9 Å². The second kappa shape index (κ2) is 7.07. The molecule has 0 saturated heterocycles. The van der Waals surface area contributed by atoms with Crippen LogP contribution in [-0.2, 0) is 0 Å². The van der Waals surface area contributed by atoms with Crippen molar-refractivity contribution >= 4 is 22.4 Å². The van der Waals surface area contributed by atoms with E-state index < -0.39 is 12.6 Å². The molecule has 0 fully saturated rings. The number of hydrogen-bond acceptors (Lipinski definition) is 5. The van der Waals surface area contributed by atoms with Crippen molar-refractivity contribution in [3.8, 4) is 0 Å². The molecular formula is C18H16F3N5. The Labute approximate surface area is 148 Å². The van der Waals surface area contributed by atoms with Gasteiger partial charge in [0.2, 0.25) is 5.95 Å². The van der Waals surface area contributed by atoms with Gasteiger partial charge in [0.25, 0.3) is 0 Å². The van der Waals surface area contributed by atoms with Gasteiger partial charge < -0.3 is 5.32 Å². The fourth-order valence-corrected chi connectivity index (χ4v) is 2.49. The first-order valence-electron chi connectivity index (χ1n) is 7.87. The molecule has 0 atom stereocenters. The van der Waals surface area contributed by atoms with Crippen molar-refractivity contribution in [2.45, 2.75) is 19.5 Å². The Kier molecular flexibility index (Phi) is 4.83. The molecule has 3 aromatic rings. The minimum absolute atomic E-state index is 0.162. The lowest BCUT2D eigenvalue weighted by Gasteiger charge is -2.12. The quantitative estimate of drug-likeness (QED) is 0.741. The number of halogens is 3. The lowest BCUT2D eigenvalue weighted by molar-refractivity contribution is -0.131. The van der Waals surface area contributed by atoms with Crippen LogP contribution in [-0.4, -0.2) is 32.7 Å². The van der Waals surface area contributed by atoms with Crippen LogP contribution < -0.4 is 5.32 Å². The van der Waals surface area contributed by atoms with Gasteiger partial charge in [0.05, 0.1) is 17.6 Å². The molecule has 2 aromatic heterocycles. The molecule has 8 heteroatoms. The number of nitrogens with one attached hydrogen (secondary N) is 1. The summed E-state index contributed by atoms with van der Waals surface area (Å²) in [6.45, 7) is 5.59.